The predicted octanol–water partition coefficient (Wildman–Crippen LogP) is 1.72. The number of carbonyl (C=O) groups excluding carboxylic acids is 1. The number of likely N-dealkylation sites (N-methyl/N-ethyl adjacent to an activating group) is 2. The van der Waals surface area contributed by atoms with Crippen LogP contribution < -0.4 is 0 Å². The van der Waals surface area contributed by atoms with Crippen LogP contribution >= 0.6 is 0 Å². The van der Waals surface area contributed by atoms with Gasteiger partial charge in [-0.25, -0.2) is 0 Å². The number of carbonyl (C=O) groups is 1. The van der Waals surface area contributed by atoms with Gasteiger partial charge in [0.15, 0.2) is 0 Å². The van der Waals surface area contributed by atoms with E-state index in [2.05, 4.69) is 17.9 Å². The Morgan fingerprint density at radius 2 is 2.22 bits per heavy atom. The van der Waals surface area contributed by atoms with E-state index < -0.39 is 5.92 Å². The van der Waals surface area contributed by atoms with E-state index in [1.54, 1.807) is 4.90 Å². The van der Waals surface area contributed by atoms with Crippen molar-refractivity contribution in [2.45, 2.75) is 39.7 Å². The summed E-state index contributed by atoms with van der Waals surface area (Å²) in [5.41, 5.74) is 0. The van der Waals surface area contributed by atoms with Crippen molar-refractivity contribution in [2.75, 3.05) is 26.7 Å². The minimum Gasteiger partial charge on any atom is -0.343 e. The first-order valence-corrected chi connectivity index (χ1v) is 6.89. The molecule has 0 spiro atoms. The van der Waals surface area contributed by atoms with Gasteiger partial charge in [0.25, 0.3) is 0 Å². The highest BCUT2D eigenvalue weighted by Gasteiger charge is 2.29. The third-order valence-electron chi connectivity index (χ3n) is 3.84. The maximum absolute atomic E-state index is 12.2. The van der Waals surface area contributed by atoms with Gasteiger partial charge >= 0.3 is 0 Å². The van der Waals surface area contributed by atoms with Crippen molar-refractivity contribution in [1.29, 1.82) is 5.26 Å². The minimum absolute atomic E-state index is 0.0320. The van der Waals surface area contributed by atoms with Gasteiger partial charge in [-0.3, -0.25) is 9.69 Å². The van der Waals surface area contributed by atoms with Crippen LogP contribution in [0.5, 0.6) is 0 Å². The molecular weight excluding hydrogens is 226 g/mol. The molecule has 4 nitrogen and oxygen atoms in total. The van der Waals surface area contributed by atoms with Gasteiger partial charge in [-0.05, 0) is 31.8 Å². The second kappa shape index (κ2) is 6.75. The lowest BCUT2D eigenvalue weighted by molar-refractivity contribution is -0.134. The Balaban J connectivity index is 2.57. The van der Waals surface area contributed by atoms with Gasteiger partial charge in [-0.1, -0.05) is 20.8 Å². The largest absolute Gasteiger partial charge is 0.343 e. The molecule has 1 fully saturated rings. The molecule has 1 amide bonds. The third kappa shape index (κ3) is 3.46. The number of hydrogen-bond acceptors (Lipinski definition) is 3. The fourth-order valence-electron chi connectivity index (χ4n) is 2.65. The first-order valence-electron chi connectivity index (χ1n) is 6.89. The summed E-state index contributed by atoms with van der Waals surface area (Å²) in [6.45, 7) is 8.93. The first-order chi connectivity index (χ1) is 8.51. The van der Waals surface area contributed by atoms with Crippen molar-refractivity contribution in [3.63, 3.8) is 0 Å². The molecule has 0 N–H and O–H groups in total. The van der Waals surface area contributed by atoms with Gasteiger partial charge < -0.3 is 4.90 Å². The lowest BCUT2D eigenvalue weighted by atomic mass is 9.96. The second-order valence-corrected chi connectivity index (χ2v) is 5.49. The van der Waals surface area contributed by atoms with Crippen LogP contribution in [0, 0.1) is 23.2 Å². The second-order valence-electron chi connectivity index (χ2n) is 5.49. The molecule has 0 aliphatic carbocycles. The van der Waals surface area contributed by atoms with E-state index in [1.807, 2.05) is 20.9 Å². The molecule has 2 unspecified atom stereocenters. The van der Waals surface area contributed by atoms with Gasteiger partial charge in [0.2, 0.25) is 5.91 Å². The number of rotatable bonds is 5. The van der Waals surface area contributed by atoms with Crippen molar-refractivity contribution in [3.05, 3.63) is 0 Å². The van der Waals surface area contributed by atoms with Crippen LogP contribution in [0.3, 0.4) is 0 Å². The molecule has 1 heterocycles. The molecule has 0 aromatic carbocycles. The van der Waals surface area contributed by atoms with Gasteiger partial charge in [-0.15, -0.1) is 0 Å². The van der Waals surface area contributed by atoms with Gasteiger partial charge in [0.1, 0.15) is 5.92 Å². The molecule has 2 atom stereocenters. The van der Waals surface area contributed by atoms with Gasteiger partial charge in [-0.2, -0.15) is 5.26 Å². The molecule has 1 rings (SSSR count). The van der Waals surface area contributed by atoms with Crippen LogP contribution in [0.4, 0.5) is 0 Å². The monoisotopic (exact) mass is 251 g/mol. The number of likely N-dealkylation sites (tertiary alicyclic amines) is 1. The molecule has 0 aromatic heterocycles. The fraction of sp³-hybridized carbons (Fsp3) is 0.857. The molecule has 102 valence electrons. The normalized spacial score (nSPS) is 21.9. The summed E-state index contributed by atoms with van der Waals surface area (Å²) >= 11 is 0. The lowest BCUT2D eigenvalue weighted by Gasteiger charge is -2.29. The predicted molar refractivity (Wildman–Crippen MR) is 71.8 cm³/mol. The summed E-state index contributed by atoms with van der Waals surface area (Å²) in [5, 5.41) is 9.07. The summed E-state index contributed by atoms with van der Waals surface area (Å²) in [4.78, 5) is 16.3. The van der Waals surface area contributed by atoms with E-state index >= 15 is 0 Å². The molecule has 0 radical (unpaired) electrons. The SMILES string of the molecule is CCN1CCCC1CN(C)C(=O)C(C#N)C(C)C. The Bertz CT molecular complexity index is 321. The van der Waals surface area contributed by atoms with Crippen LogP contribution in [0.1, 0.15) is 33.6 Å². The van der Waals surface area contributed by atoms with Gasteiger partial charge in [0, 0.05) is 19.6 Å². The number of nitrogens with zero attached hydrogens (tertiary/aromatic N) is 3. The van der Waals surface area contributed by atoms with Crippen LogP contribution in [0.25, 0.3) is 0 Å². The lowest BCUT2D eigenvalue weighted by Crippen LogP contribution is -2.43. The zero-order valence-electron chi connectivity index (χ0n) is 12.0. The summed E-state index contributed by atoms with van der Waals surface area (Å²) in [5.74, 6) is -0.460. The number of amides is 1. The average Bonchev–Trinajstić information content (AvgIpc) is 2.76. The van der Waals surface area contributed by atoms with E-state index in [9.17, 15) is 4.79 Å². The Hall–Kier alpha value is -1.08. The van der Waals surface area contributed by atoms with Crippen LogP contribution in [0.15, 0.2) is 0 Å². The fourth-order valence-corrected chi connectivity index (χ4v) is 2.65. The first kappa shape index (κ1) is 15.0. The molecule has 18 heavy (non-hydrogen) atoms. The standard InChI is InChI=1S/C14H25N3O/c1-5-17-8-6-7-12(17)10-16(4)14(18)13(9-15)11(2)3/h11-13H,5-8,10H2,1-4H3. The Kier molecular flexibility index (Phi) is 5.61. The van der Waals surface area contributed by atoms with Crippen molar-refractivity contribution in [2.24, 2.45) is 11.8 Å². The van der Waals surface area contributed by atoms with E-state index in [0.29, 0.717) is 6.04 Å². The molecular formula is C14H25N3O. The smallest absolute Gasteiger partial charge is 0.239 e. The molecule has 1 saturated heterocycles. The molecule has 4 heteroatoms. The topological polar surface area (TPSA) is 47.3 Å². The van der Waals surface area contributed by atoms with Crippen molar-refractivity contribution < 1.29 is 4.79 Å². The molecule has 0 bridgehead atoms. The molecule has 0 aromatic rings. The Morgan fingerprint density at radius 3 is 2.72 bits per heavy atom. The zero-order valence-corrected chi connectivity index (χ0v) is 12.0. The van der Waals surface area contributed by atoms with Gasteiger partial charge in [0.05, 0.1) is 6.07 Å². The molecule has 1 aliphatic rings. The quantitative estimate of drug-likeness (QED) is 0.747. The average molecular weight is 251 g/mol. The van der Waals surface area contributed by atoms with E-state index in [-0.39, 0.29) is 11.8 Å². The summed E-state index contributed by atoms with van der Waals surface area (Å²) in [6, 6.07) is 2.60. The Morgan fingerprint density at radius 1 is 1.56 bits per heavy atom. The number of hydrogen-bond donors (Lipinski definition) is 0. The van der Waals surface area contributed by atoms with Crippen LogP contribution in [0.2, 0.25) is 0 Å². The summed E-state index contributed by atoms with van der Waals surface area (Å²) in [6.07, 6.45) is 2.37. The highest BCUT2D eigenvalue weighted by molar-refractivity contribution is 5.81. The summed E-state index contributed by atoms with van der Waals surface area (Å²) in [7, 11) is 1.82. The zero-order chi connectivity index (χ0) is 13.7. The van der Waals surface area contributed by atoms with E-state index in [0.717, 1.165) is 26.1 Å². The molecule has 1 aliphatic heterocycles. The summed E-state index contributed by atoms with van der Waals surface area (Å²) < 4.78 is 0. The highest BCUT2D eigenvalue weighted by Crippen LogP contribution is 2.19. The van der Waals surface area contributed by atoms with Crippen molar-refractivity contribution in [1.82, 2.24) is 9.80 Å². The van der Waals surface area contributed by atoms with E-state index in [1.165, 1.54) is 6.42 Å². The van der Waals surface area contributed by atoms with Crippen molar-refractivity contribution in [3.8, 4) is 6.07 Å². The maximum Gasteiger partial charge on any atom is 0.239 e. The van der Waals surface area contributed by atoms with Crippen molar-refractivity contribution >= 4 is 5.91 Å². The van der Waals surface area contributed by atoms with Crippen LogP contribution in [-0.4, -0.2) is 48.4 Å². The molecule has 0 saturated carbocycles. The highest BCUT2D eigenvalue weighted by atomic mass is 16.2. The minimum atomic E-state index is -0.508. The third-order valence-corrected chi connectivity index (χ3v) is 3.84. The number of nitriles is 1. The Labute approximate surface area is 111 Å². The van der Waals surface area contributed by atoms with E-state index in [4.69, 9.17) is 5.26 Å². The maximum atomic E-state index is 12.2. The van der Waals surface area contributed by atoms with Crippen LogP contribution in [-0.2, 0) is 4.79 Å².